The number of hydrogen-bond acceptors (Lipinski definition) is 3. The van der Waals surface area contributed by atoms with E-state index in [0.29, 0.717) is 12.1 Å². The normalized spacial score (nSPS) is 15.2. The maximum Gasteiger partial charge on any atom is 0.0794 e. The van der Waals surface area contributed by atoms with Gasteiger partial charge in [0.1, 0.15) is 0 Å². The number of rotatable bonds is 5. The third-order valence-electron chi connectivity index (χ3n) is 1.93. The highest BCUT2D eigenvalue weighted by molar-refractivity contribution is 7.09. The molecule has 2 unspecified atom stereocenters. The van der Waals surface area contributed by atoms with E-state index in [4.69, 9.17) is 0 Å². The molecule has 2 atom stereocenters. The Kier molecular flexibility index (Phi) is 4.12. The Morgan fingerprint density at radius 1 is 1.69 bits per heavy atom. The Morgan fingerprint density at radius 3 is 3.00 bits per heavy atom. The molecule has 0 saturated carbocycles. The molecule has 1 aromatic heterocycles. The fourth-order valence-corrected chi connectivity index (χ4v) is 1.90. The van der Waals surface area contributed by atoms with Crippen LogP contribution in [0, 0.1) is 0 Å². The van der Waals surface area contributed by atoms with Crippen molar-refractivity contribution in [3.8, 4) is 0 Å². The van der Waals surface area contributed by atoms with Crippen molar-refractivity contribution < 1.29 is 0 Å². The van der Waals surface area contributed by atoms with Crippen molar-refractivity contribution in [1.29, 1.82) is 0 Å². The van der Waals surface area contributed by atoms with E-state index in [9.17, 15) is 0 Å². The van der Waals surface area contributed by atoms with Crippen molar-refractivity contribution in [2.75, 3.05) is 0 Å². The highest BCUT2D eigenvalue weighted by Crippen LogP contribution is 2.17. The lowest BCUT2D eigenvalue weighted by Crippen LogP contribution is -2.27. The fraction of sp³-hybridized carbons (Fsp3) is 0.500. The van der Waals surface area contributed by atoms with Crippen LogP contribution in [-0.2, 0) is 0 Å². The van der Waals surface area contributed by atoms with Crippen molar-refractivity contribution >= 4 is 11.3 Å². The van der Waals surface area contributed by atoms with Gasteiger partial charge in [-0.1, -0.05) is 6.08 Å². The van der Waals surface area contributed by atoms with Crippen molar-refractivity contribution in [3.05, 3.63) is 29.2 Å². The quantitative estimate of drug-likeness (QED) is 0.732. The molecule has 0 radical (unpaired) electrons. The average molecular weight is 196 g/mol. The summed E-state index contributed by atoms with van der Waals surface area (Å²) < 4.78 is 0. The summed E-state index contributed by atoms with van der Waals surface area (Å²) in [5.74, 6) is 0. The van der Waals surface area contributed by atoms with Crippen LogP contribution >= 0.6 is 11.3 Å². The molecule has 72 valence electrons. The van der Waals surface area contributed by atoms with Gasteiger partial charge in [0.2, 0.25) is 0 Å². The molecule has 0 amide bonds. The molecule has 1 rings (SSSR count). The van der Waals surface area contributed by atoms with Crippen molar-refractivity contribution in [3.63, 3.8) is 0 Å². The molecule has 0 spiro atoms. The predicted molar refractivity (Wildman–Crippen MR) is 57.9 cm³/mol. The van der Waals surface area contributed by atoms with Crippen molar-refractivity contribution in [2.24, 2.45) is 0 Å². The molecule has 1 heterocycles. The van der Waals surface area contributed by atoms with Crippen LogP contribution in [0.15, 0.2) is 24.4 Å². The van der Waals surface area contributed by atoms with E-state index in [1.54, 1.807) is 11.3 Å². The Labute approximate surface area is 83.7 Å². The Hall–Kier alpha value is -0.670. The molecule has 0 aliphatic rings. The summed E-state index contributed by atoms with van der Waals surface area (Å²) in [6, 6.07) is 0.872. The zero-order valence-electron chi connectivity index (χ0n) is 8.16. The first kappa shape index (κ1) is 10.4. The first-order valence-corrected chi connectivity index (χ1v) is 5.37. The number of nitrogens with zero attached hydrogens (tertiary/aromatic N) is 1. The molecular weight excluding hydrogens is 180 g/mol. The van der Waals surface area contributed by atoms with Crippen molar-refractivity contribution in [2.45, 2.75) is 32.4 Å². The first-order chi connectivity index (χ1) is 6.24. The zero-order valence-corrected chi connectivity index (χ0v) is 8.97. The van der Waals surface area contributed by atoms with Gasteiger partial charge in [0, 0.05) is 23.2 Å². The molecule has 3 heteroatoms. The molecule has 0 aliphatic carbocycles. The molecular formula is C10H16N2S. The third-order valence-corrected chi connectivity index (χ3v) is 2.89. The summed E-state index contributed by atoms with van der Waals surface area (Å²) in [5, 5.41) is 3.48. The van der Waals surface area contributed by atoms with Gasteiger partial charge in [-0.15, -0.1) is 17.9 Å². The van der Waals surface area contributed by atoms with Gasteiger partial charge < -0.3 is 5.32 Å². The second-order valence-corrected chi connectivity index (χ2v) is 4.14. The van der Waals surface area contributed by atoms with Gasteiger partial charge in [0.15, 0.2) is 0 Å². The standard InChI is InChI=1S/C10H16N2S/c1-4-5-8(2)12-9(3)10-6-11-7-13-10/h4,6-9,12H,1,5H2,2-3H3. The summed E-state index contributed by atoms with van der Waals surface area (Å²) in [4.78, 5) is 5.34. The highest BCUT2D eigenvalue weighted by atomic mass is 32.1. The monoisotopic (exact) mass is 196 g/mol. The molecule has 0 aliphatic heterocycles. The van der Waals surface area contributed by atoms with Gasteiger partial charge in [-0.05, 0) is 20.3 Å². The van der Waals surface area contributed by atoms with Crippen molar-refractivity contribution in [1.82, 2.24) is 10.3 Å². The summed E-state index contributed by atoms with van der Waals surface area (Å²) >= 11 is 1.69. The maximum atomic E-state index is 4.05. The van der Waals surface area contributed by atoms with Gasteiger partial charge in [-0.25, -0.2) is 0 Å². The largest absolute Gasteiger partial charge is 0.307 e. The number of nitrogens with one attached hydrogen (secondary N) is 1. The van der Waals surface area contributed by atoms with Crippen LogP contribution in [0.1, 0.15) is 31.2 Å². The van der Waals surface area contributed by atoms with Gasteiger partial charge in [-0.2, -0.15) is 0 Å². The zero-order chi connectivity index (χ0) is 9.68. The first-order valence-electron chi connectivity index (χ1n) is 4.49. The Bertz CT molecular complexity index is 243. The van der Waals surface area contributed by atoms with E-state index in [2.05, 4.69) is 30.7 Å². The molecule has 0 fully saturated rings. The number of aromatic nitrogens is 1. The van der Waals surface area contributed by atoms with E-state index in [1.165, 1.54) is 4.88 Å². The van der Waals surface area contributed by atoms with Crippen LogP contribution < -0.4 is 5.32 Å². The van der Waals surface area contributed by atoms with Gasteiger partial charge in [0.05, 0.1) is 5.51 Å². The predicted octanol–water partition coefficient (Wildman–Crippen LogP) is 2.76. The summed E-state index contributed by atoms with van der Waals surface area (Å²) in [6.45, 7) is 8.05. The molecule has 1 N–H and O–H groups in total. The third kappa shape index (κ3) is 3.28. The van der Waals surface area contributed by atoms with E-state index >= 15 is 0 Å². The second-order valence-electron chi connectivity index (χ2n) is 3.22. The smallest absolute Gasteiger partial charge is 0.0794 e. The van der Waals surface area contributed by atoms with Crippen LogP contribution in [-0.4, -0.2) is 11.0 Å². The SMILES string of the molecule is C=CCC(C)NC(C)c1cncs1. The minimum Gasteiger partial charge on any atom is -0.307 e. The van der Waals surface area contributed by atoms with Gasteiger partial charge in [-0.3, -0.25) is 4.98 Å². The second kappa shape index (κ2) is 5.14. The highest BCUT2D eigenvalue weighted by Gasteiger charge is 2.08. The molecule has 2 nitrogen and oxygen atoms in total. The van der Waals surface area contributed by atoms with E-state index in [0.717, 1.165) is 6.42 Å². The van der Waals surface area contributed by atoms with E-state index in [-0.39, 0.29) is 0 Å². The molecule has 13 heavy (non-hydrogen) atoms. The number of hydrogen-bond donors (Lipinski definition) is 1. The lowest BCUT2D eigenvalue weighted by atomic mass is 10.2. The topological polar surface area (TPSA) is 24.9 Å². The van der Waals surface area contributed by atoms with Crippen LogP contribution in [0.25, 0.3) is 0 Å². The molecule has 0 bridgehead atoms. The van der Waals surface area contributed by atoms with Gasteiger partial charge in [0.25, 0.3) is 0 Å². The van der Waals surface area contributed by atoms with E-state index < -0.39 is 0 Å². The summed E-state index contributed by atoms with van der Waals surface area (Å²) in [5.41, 5.74) is 1.87. The fourth-order valence-electron chi connectivity index (χ4n) is 1.27. The molecule has 0 saturated heterocycles. The molecule has 1 aromatic rings. The minimum atomic E-state index is 0.391. The summed E-state index contributed by atoms with van der Waals surface area (Å²) in [7, 11) is 0. The number of thiazole rings is 1. The Balaban J connectivity index is 2.41. The van der Waals surface area contributed by atoms with Crippen LogP contribution in [0.3, 0.4) is 0 Å². The molecule has 0 aromatic carbocycles. The van der Waals surface area contributed by atoms with E-state index in [1.807, 2.05) is 17.8 Å². The average Bonchev–Trinajstić information content (AvgIpc) is 2.55. The maximum absolute atomic E-state index is 4.05. The van der Waals surface area contributed by atoms with Gasteiger partial charge >= 0.3 is 0 Å². The van der Waals surface area contributed by atoms with Crippen LogP contribution in [0.4, 0.5) is 0 Å². The summed E-state index contributed by atoms with van der Waals surface area (Å²) in [6.07, 6.45) is 4.86. The lowest BCUT2D eigenvalue weighted by molar-refractivity contribution is 0.487. The minimum absolute atomic E-state index is 0.391. The van der Waals surface area contributed by atoms with Crippen LogP contribution in [0.2, 0.25) is 0 Å². The Morgan fingerprint density at radius 2 is 2.46 bits per heavy atom. The lowest BCUT2D eigenvalue weighted by Gasteiger charge is -2.17. The van der Waals surface area contributed by atoms with Crippen LogP contribution in [0.5, 0.6) is 0 Å².